The molecule has 15 nitrogen and oxygen atoms in total. The van der Waals surface area contributed by atoms with Crippen LogP contribution in [0, 0.1) is 17.0 Å². The number of hydrogen-bond acceptors (Lipinski definition) is 10. The fraction of sp³-hybridized carbons (Fsp3) is 0.356. The average molecular weight is 897 g/mol. The van der Waals surface area contributed by atoms with Crippen molar-refractivity contribution in [3.63, 3.8) is 0 Å². The number of likely N-dealkylation sites (tertiary alicyclic amines) is 1. The van der Waals surface area contributed by atoms with Gasteiger partial charge in [0.25, 0.3) is 5.91 Å². The molecule has 5 aliphatic rings. The number of benzene rings is 3. The molecule has 5 aliphatic heterocycles. The van der Waals surface area contributed by atoms with Crippen molar-refractivity contribution < 1.29 is 45.9 Å². The van der Waals surface area contributed by atoms with Crippen molar-refractivity contribution in [2.24, 2.45) is 5.41 Å². The smallest absolute Gasteiger partial charge is 0.301 e. The number of nitrogens with one attached hydrogen (secondary N) is 3. The van der Waals surface area contributed by atoms with Crippen molar-refractivity contribution in [1.82, 2.24) is 29.4 Å². The summed E-state index contributed by atoms with van der Waals surface area (Å²) in [6.07, 6.45) is 1.88. The second-order valence-electron chi connectivity index (χ2n) is 17.6. The zero-order valence-corrected chi connectivity index (χ0v) is 35.1. The highest BCUT2D eigenvalue weighted by Gasteiger charge is 2.52. The minimum absolute atomic E-state index is 0.00351. The van der Waals surface area contributed by atoms with E-state index in [2.05, 4.69) is 25.1 Å². The van der Waals surface area contributed by atoms with Crippen LogP contribution in [0.25, 0.3) is 22.2 Å². The molecule has 2 aromatic heterocycles. The number of nitrogens with zero attached hydrogens (tertiary/aromatic N) is 5. The summed E-state index contributed by atoms with van der Waals surface area (Å²) in [5.74, 6) is -4.60. The van der Waals surface area contributed by atoms with Gasteiger partial charge in [-0.2, -0.15) is 12.7 Å². The third kappa shape index (κ3) is 7.58. The first kappa shape index (κ1) is 41.8. The maximum atomic E-state index is 15.7. The number of carbonyl (C=O) groups excluding carboxylic acids is 4. The number of aromatic amines is 1. The van der Waals surface area contributed by atoms with Gasteiger partial charge in [0.1, 0.15) is 23.7 Å². The molecule has 0 bridgehead atoms. The Hall–Kier alpha value is -6.15. The lowest BCUT2D eigenvalue weighted by atomic mass is 9.72. The summed E-state index contributed by atoms with van der Waals surface area (Å²) >= 11 is 0. The van der Waals surface area contributed by atoms with Crippen LogP contribution in [0.1, 0.15) is 56.7 Å². The van der Waals surface area contributed by atoms with Gasteiger partial charge in [-0.3, -0.25) is 34.1 Å². The van der Waals surface area contributed by atoms with Crippen LogP contribution in [0.3, 0.4) is 0 Å². The molecular weight excluding hydrogens is 854 g/mol. The fourth-order valence-electron chi connectivity index (χ4n) is 9.86. The Morgan fingerprint density at radius 2 is 1.77 bits per heavy atom. The number of ketones is 1. The number of aliphatic hydroxyl groups is 1. The molecule has 3 aromatic carbocycles. The molecule has 3 amide bonds. The maximum absolute atomic E-state index is 15.7. The monoisotopic (exact) mass is 896 g/mol. The first-order chi connectivity index (χ1) is 30.6. The van der Waals surface area contributed by atoms with E-state index in [1.807, 2.05) is 41.1 Å². The van der Waals surface area contributed by atoms with E-state index in [9.17, 15) is 37.1 Å². The van der Waals surface area contributed by atoms with Crippen LogP contribution in [-0.4, -0.2) is 125 Å². The minimum Gasteiger partial charge on any atom is -0.391 e. The van der Waals surface area contributed by atoms with Gasteiger partial charge in [-0.15, -0.1) is 0 Å². The predicted molar refractivity (Wildman–Crippen MR) is 228 cm³/mol. The van der Waals surface area contributed by atoms with Gasteiger partial charge in [0.05, 0.1) is 17.4 Å². The minimum atomic E-state index is -4.36. The zero-order valence-electron chi connectivity index (χ0n) is 34.3. The number of anilines is 2. The number of piperidine rings is 1. The van der Waals surface area contributed by atoms with Crippen molar-refractivity contribution in [2.75, 3.05) is 55.4 Å². The Morgan fingerprint density at radius 1 is 0.984 bits per heavy atom. The van der Waals surface area contributed by atoms with E-state index >= 15 is 8.78 Å². The molecule has 4 saturated heterocycles. The molecule has 0 aliphatic carbocycles. The van der Waals surface area contributed by atoms with E-state index in [-0.39, 0.29) is 48.7 Å². The molecule has 19 heteroatoms. The van der Waals surface area contributed by atoms with Crippen molar-refractivity contribution in [2.45, 2.75) is 50.5 Å². The third-order valence-corrected chi connectivity index (χ3v) is 14.5. The summed E-state index contributed by atoms with van der Waals surface area (Å²) in [6, 6.07) is 16.1. The molecule has 332 valence electrons. The number of aliphatic hydroxyl groups excluding tert-OH is 1. The normalized spacial score (nSPS) is 21.5. The van der Waals surface area contributed by atoms with Gasteiger partial charge < -0.3 is 19.9 Å². The highest BCUT2D eigenvalue weighted by atomic mass is 32.2. The van der Waals surface area contributed by atoms with Crippen molar-refractivity contribution in [1.29, 1.82) is 0 Å². The van der Waals surface area contributed by atoms with Crippen LogP contribution >= 0.6 is 0 Å². The molecule has 4 N–H and O–H groups in total. The lowest BCUT2D eigenvalue weighted by molar-refractivity contribution is -0.136. The Bertz CT molecular complexity index is 2860. The largest absolute Gasteiger partial charge is 0.391 e. The van der Waals surface area contributed by atoms with E-state index in [1.165, 1.54) is 11.1 Å². The Morgan fingerprint density at radius 3 is 2.50 bits per heavy atom. The second kappa shape index (κ2) is 15.8. The van der Waals surface area contributed by atoms with Gasteiger partial charge in [-0.05, 0) is 72.4 Å². The van der Waals surface area contributed by atoms with Gasteiger partial charge >= 0.3 is 10.2 Å². The highest BCUT2D eigenvalue weighted by molar-refractivity contribution is 7.90. The number of rotatable bonds is 12. The van der Waals surface area contributed by atoms with Crippen molar-refractivity contribution >= 4 is 56.1 Å². The SMILES string of the molecule is O=C1CC[C@H](N2Cc3cc(C[C@@H](O)CN4CC5(C4)CN(c4ccc(-c6cnc7[nH]cc(C(=O)c8c(F)ccc(NS(=O)(=O)N9CC[C@@H](F)C9)c8F)c7c6)cc4)C5)ccc3C2=O)C(=O)N1. The maximum Gasteiger partial charge on any atom is 0.301 e. The van der Waals surface area contributed by atoms with E-state index in [4.69, 9.17) is 0 Å². The van der Waals surface area contributed by atoms with Gasteiger partial charge in [0, 0.05) is 104 Å². The summed E-state index contributed by atoms with van der Waals surface area (Å²) in [6.45, 7) is 3.73. The zero-order chi connectivity index (χ0) is 44.7. The quantitative estimate of drug-likeness (QED) is 0.106. The van der Waals surface area contributed by atoms with Gasteiger partial charge in [-0.1, -0.05) is 24.3 Å². The number of fused-ring (bicyclic) bond motifs is 2. The van der Waals surface area contributed by atoms with Gasteiger partial charge in [-0.25, -0.2) is 18.2 Å². The van der Waals surface area contributed by atoms with E-state index in [1.54, 1.807) is 18.3 Å². The summed E-state index contributed by atoms with van der Waals surface area (Å²) in [5.41, 5.74) is 3.53. The Balaban J connectivity index is 0.737. The number of hydrogen-bond donors (Lipinski definition) is 4. The predicted octanol–water partition coefficient (Wildman–Crippen LogP) is 3.93. The summed E-state index contributed by atoms with van der Waals surface area (Å²) in [5, 5.41) is 13.6. The molecule has 1 spiro atoms. The van der Waals surface area contributed by atoms with Crippen LogP contribution in [0.5, 0.6) is 0 Å². The van der Waals surface area contributed by atoms with Gasteiger partial charge in [0.15, 0.2) is 5.82 Å². The standard InChI is InChI=1S/C45H43F3N8O7S/c46-29-11-12-55(19-29)64(62,63)52-36-8-7-35(47)39(40(36)48)41(59)34-17-50-42-33(34)15-27(16-49-42)26-2-4-30(5-3-26)54-23-45(24-54)21-53(22-45)20-31(57)14-25-1-6-32-28(13-25)18-56(44(32)61)37-9-10-38(58)51-43(37)60/h1-8,13,15-17,29,31,37,52,57H,9-12,14,18-24H2,(H,49,50)(H,51,58,60)/t29-,31-,37+/m1/s1. The first-order valence-electron chi connectivity index (χ1n) is 21.1. The number of imide groups is 1. The Labute approximate surface area is 365 Å². The van der Waals surface area contributed by atoms with Crippen molar-refractivity contribution in [3.05, 3.63) is 113 Å². The molecular formula is C45H43F3N8O7S. The second-order valence-corrected chi connectivity index (χ2v) is 19.3. The number of β-amino-alcohol motifs (C(OH)–C–C–N with tert-alkyl or cyclic N) is 1. The molecule has 64 heavy (non-hydrogen) atoms. The fourth-order valence-corrected chi connectivity index (χ4v) is 11.1. The molecule has 0 saturated carbocycles. The number of H-pyrrole nitrogens is 1. The van der Waals surface area contributed by atoms with Crippen LogP contribution in [-0.2, 0) is 32.8 Å². The molecule has 3 atom stereocenters. The number of pyridine rings is 1. The van der Waals surface area contributed by atoms with Crippen molar-refractivity contribution in [3.8, 4) is 11.1 Å². The molecule has 0 unspecified atom stereocenters. The summed E-state index contributed by atoms with van der Waals surface area (Å²) < 4.78 is 73.0. The van der Waals surface area contributed by atoms with Crippen LogP contribution < -0.4 is 14.9 Å². The number of amides is 3. The average Bonchev–Trinajstić information content (AvgIpc) is 3.96. The number of carbonyl (C=O) groups is 4. The Kier molecular flexibility index (Phi) is 10.3. The van der Waals surface area contributed by atoms with Crippen LogP contribution in [0.4, 0.5) is 24.5 Å². The topological polar surface area (TPSA) is 188 Å². The summed E-state index contributed by atoms with van der Waals surface area (Å²) in [7, 11) is -4.36. The highest BCUT2D eigenvalue weighted by Crippen LogP contribution is 2.42. The lowest BCUT2D eigenvalue weighted by Crippen LogP contribution is -2.72. The molecule has 10 rings (SSSR count). The molecule has 4 fully saturated rings. The number of aromatic nitrogens is 2. The van der Waals surface area contributed by atoms with Crippen LogP contribution in [0.2, 0.25) is 0 Å². The third-order valence-electron chi connectivity index (χ3n) is 13.0. The molecule has 5 aromatic rings. The van der Waals surface area contributed by atoms with E-state index in [0.717, 1.165) is 65.0 Å². The van der Waals surface area contributed by atoms with Crippen LogP contribution in [0.15, 0.2) is 73.1 Å². The lowest BCUT2D eigenvalue weighted by Gasteiger charge is -2.61. The number of halogens is 3. The number of alkyl halides is 1. The molecule has 7 heterocycles. The first-order valence-corrected chi connectivity index (χ1v) is 22.5. The molecule has 0 radical (unpaired) electrons. The van der Waals surface area contributed by atoms with E-state index in [0.29, 0.717) is 41.5 Å². The van der Waals surface area contributed by atoms with E-state index < -0.39 is 69.6 Å². The van der Waals surface area contributed by atoms with Gasteiger partial charge in [0.2, 0.25) is 17.6 Å². The summed E-state index contributed by atoms with van der Waals surface area (Å²) in [4.78, 5) is 64.1.